The van der Waals surface area contributed by atoms with Gasteiger partial charge in [0.15, 0.2) is 0 Å². The first-order valence-corrected chi connectivity index (χ1v) is 14.9. The van der Waals surface area contributed by atoms with Crippen molar-refractivity contribution in [3.05, 3.63) is 125 Å². The maximum atomic E-state index is 13.1. The lowest BCUT2D eigenvalue weighted by atomic mass is 10.0. The minimum absolute atomic E-state index is 0.0610. The van der Waals surface area contributed by atoms with Crippen LogP contribution in [0.3, 0.4) is 0 Å². The van der Waals surface area contributed by atoms with Crippen LogP contribution in [0, 0.1) is 5.92 Å². The van der Waals surface area contributed by atoms with Gasteiger partial charge in [0.05, 0.1) is 30.5 Å². The highest BCUT2D eigenvalue weighted by Gasteiger charge is 2.31. The second kappa shape index (κ2) is 14.1. The molecule has 1 unspecified atom stereocenters. The third kappa shape index (κ3) is 8.45. The molecule has 2 atom stereocenters. The van der Waals surface area contributed by atoms with E-state index in [-0.39, 0.29) is 17.5 Å². The molecule has 9 heteroatoms. The van der Waals surface area contributed by atoms with Crippen molar-refractivity contribution in [3.63, 3.8) is 0 Å². The smallest absolute Gasteiger partial charge is 0.379 e. The maximum Gasteiger partial charge on any atom is 0.416 e. The van der Waals surface area contributed by atoms with Gasteiger partial charge in [-0.15, -0.1) is 0 Å². The average Bonchev–Trinajstić information content (AvgIpc) is 3.00. The van der Waals surface area contributed by atoms with Gasteiger partial charge in [-0.1, -0.05) is 55.5 Å². The first-order valence-electron chi connectivity index (χ1n) is 14.9. The molecule has 0 aliphatic carbocycles. The van der Waals surface area contributed by atoms with Crippen molar-refractivity contribution in [3.8, 4) is 0 Å². The predicted octanol–water partition coefficient (Wildman–Crippen LogP) is 7.37. The van der Waals surface area contributed by atoms with Gasteiger partial charge in [-0.2, -0.15) is 13.2 Å². The normalized spacial score (nSPS) is 18.4. The molecule has 2 heterocycles. The van der Waals surface area contributed by atoms with Crippen LogP contribution >= 0.6 is 0 Å². The van der Waals surface area contributed by atoms with Gasteiger partial charge < -0.3 is 15.4 Å². The fraction of sp³-hybridized carbons (Fsp3) is 0.314. The van der Waals surface area contributed by atoms with E-state index in [9.17, 15) is 18.0 Å². The SMILES string of the molecule is CC1C=C(N[C@@H](C)c2cccc(NC(=O)c3cccc(C(F)(F)F)c3)c2)N=C(c2ccc(CN3CCOCC3)cc2)C=CC1. The zero-order chi connectivity index (χ0) is 31.1. The summed E-state index contributed by atoms with van der Waals surface area (Å²) < 4.78 is 44.8. The van der Waals surface area contributed by atoms with Crippen molar-refractivity contribution >= 4 is 17.3 Å². The molecule has 6 nitrogen and oxygen atoms in total. The van der Waals surface area contributed by atoms with Gasteiger partial charge in [-0.05, 0) is 72.9 Å². The average molecular weight is 603 g/mol. The topological polar surface area (TPSA) is 66.0 Å². The Morgan fingerprint density at radius 3 is 2.55 bits per heavy atom. The molecule has 2 N–H and O–H groups in total. The van der Waals surface area contributed by atoms with E-state index in [2.05, 4.69) is 65.0 Å². The number of ether oxygens (including phenoxy) is 1. The van der Waals surface area contributed by atoms with Crippen LogP contribution < -0.4 is 10.6 Å². The third-order valence-corrected chi connectivity index (χ3v) is 7.69. The summed E-state index contributed by atoms with van der Waals surface area (Å²) in [6.07, 6.45) is 2.69. The van der Waals surface area contributed by atoms with E-state index in [1.54, 1.807) is 12.1 Å². The summed E-state index contributed by atoms with van der Waals surface area (Å²) in [5, 5.41) is 6.24. The lowest BCUT2D eigenvalue weighted by molar-refractivity contribution is -0.137. The number of nitrogens with zero attached hydrogens (tertiary/aromatic N) is 2. The second-order valence-electron chi connectivity index (χ2n) is 11.3. The number of amides is 1. The number of benzene rings is 3. The molecule has 3 aromatic carbocycles. The zero-order valence-corrected chi connectivity index (χ0v) is 24.9. The van der Waals surface area contributed by atoms with Crippen LogP contribution in [0.1, 0.15) is 58.9 Å². The Morgan fingerprint density at radius 2 is 1.80 bits per heavy atom. The summed E-state index contributed by atoms with van der Waals surface area (Å²) in [5.74, 6) is 0.419. The standard InChI is InChI=1S/C35H37F3N4O2/c1-24-6-3-11-32(27-14-12-26(13-15-27)23-42-16-18-44-19-17-42)41-33(20-24)39-25(2)28-7-5-10-31(22-28)40-34(43)29-8-4-9-30(21-29)35(36,37)38/h3-5,7-15,20-22,24-25,39H,6,16-19,23H2,1-2H3,(H,40,43)/t24?,25-/m0/s1. The number of aliphatic imine (C=N–C) groups is 1. The van der Waals surface area contributed by atoms with Gasteiger partial charge in [-0.25, -0.2) is 4.99 Å². The van der Waals surface area contributed by atoms with E-state index in [0.29, 0.717) is 5.69 Å². The van der Waals surface area contributed by atoms with Crippen LogP contribution in [0.4, 0.5) is 18.9 Å². The zero-order valence-electron chi connectivity index (χ0n) is 24.9. The molecule has 2 aliphatic rings. The van der Waals surface area contributed by atoms with Crippen LogP contribution in [0.5, 0.6) is 0 Å². The number of rotatable bonds is 8. The van der Waals surface area contributed by atoms with Crippen molar-refractivity contribution in [2.24, 2.45) is 10.9 Å². The molecule has 0 bridgehead atoms. The monoisotopic (exact) mass is 602 g/mol. The van der Waals surface area contributed by atoms with Crippen LogP contribution in [-0.2, 0) is 17.5 Å². The summed E-state index contributed by atoms with van der Waals surface area (Å²) in [5.41, 5.74) is 3.60. The molecule has 5 rings (SSSR count). The molecular weight excluding hydrogens is 565 g/mol. The number of halogens is 3. The number of nitrogens with one attached hydrogen (secondary N) is 2. The first-order chi connectivity index (χ1) is 21.1. The first kappa shape index (κ1) is 31.2. The third-order valence-electron chi connectivity index (χ3n) is 7.69. The van der Waals surface area contributed by atoms with Crippen LogP contribution in [-0.4, -0.2) is 42.8 Å². The quantitative estimate of drug-likeness (QED) is 0.283. The molecule has 230 valence electrons. The minimum atomic E-state index is -4.52. The fourth-order valence-corrected chi connectivity index (χ4v) is 5.21. The highest BCUT2D eigenvalue weighted by Crippen LogP contribution is 2.30. The van der Waals surface area contributed by atoms with Crippen molar-refractivity contribution in [2.45, 2.75) is 39.0 Å². The maximum absolute atomic E-state index is 13.1. The van der Waals surface area contributed by atoms with E-state index in [1.165, 1.54) is 17.7 Å². The molecule has 0 saturated carbocycles. The number of morpholine rings is 1. The molecular formula is C35H37F3N4O2. The Balaban J connectivity index is 1.28. The lowest BCUT2D eigenvalue weighted by Gasteiger charge is -2.26. The Hall–Kier alpha value is -4.21. The number of carbonyl (C=O) groups is 1. The second-order valence-corrected chi connectivity index (χ2v) is 11.3. The highest BCUT2D eigenvalue weighted by molar-refractivity contribution is 6.09. The van der Waals surface area contributed by atoms with E-state index in [0.717, 1.165) is 74.1 Å². The highest BCUT2D eigenvalue weighted by atomic mass is 19.4. The summed E-state index contributed by atoms with van der Waals surface area (Å²) in [6, 6.07) is 20.0. The Morgan fingerprint density at radius 1 is 1.05 bits per heavy atom. The minimum Gasteiger partial charge on any atom is -0.379 e. The predicted molar refractivity (Wildman–Crippen MR) is 167 cm³/mol. The van der Waals surface area contributed by atoms with E-state index >= 15 is 0 Å². The van der Waals surface area contributed by atoms with E-state index in [1.807, 2.05) is 19.1 Å². The van der Waals surface area contributed by atoms with Crippen LogP contribution in [0.15, 0.2) is 102 Å². The summed E-state index contributed by atoms with van der Waals surface area (Å²) in [6.45, 7) is 8.48. The summed E-state index contributed by atoms with van der Waals surface area (Å²) in [7, 11) is 0. The Bertz CT molecular complexity index is 1540. The van der Waals surface area contributed by atoms with Gasteiger partial charge in [0, 0.05) is 36.4 Å². The fourth-order valence-electron chi connectivity index (χ4n) is 5.21. The molecule has 2 aliphatic heterocycles. The number of carbonyl (C=O) groups excluding carboxylic acids is 1. The molecule has 0 aromatic heterocycles. The molecule has 44 heavy (non-hydrogen) atoms. The number of anilines is 1. The lowest BCUT2D eigenvalue weighted by Crippen LogP contribution is -2.35. The Kier molecular flexibility index (Phi) is 9.97. The molecule has 0 spiro atoms. The van der Waals surface area contributed by atoms with Gasteiger partial charge in [0.1, 0.15) is 5.82 Å². The molecule has 0 radical (unpaired) electrons. The number of hydrogen-bond acceptors (Lipinski definition) is 5. The van der Waals surface area contributed by atoms with Crippen molar-refractivity contribution < 1.29 is 22.7 Å². The van der Waals surface area contributed by atoms with Crippen molar-refractivity contribution in [2.75, 3.05) is 31.6 Å². The molecule has 1 saturated heterocycles. The van der Waals surface area contributed by atoms with Gasteiger partial charge in [0.25, 0.3) is 5.91 Å². The number of alkyl halides is 3. The number of allylic oxidation sites excluding steroid dienone is 3. The van der Waals surface area contributed by atoms with Crippen LogP contribution in [0.2, 0.25) is 0 Å². The molecule has 1 fully saturated rings. The number of hydrogen-bond donors (Lipinski definition) is 2. The van der Waals surface area contributed by atoms with Crippen molar-refractivity contribution in [1.29, 1.82) is 0 Å². The van der Waals surface area contributed by atoms with Crippen molar-refractivity contribution in [1.82, 2.24) is 10.2 Å². The van der Waals surface area contributed by atoms with E-state index in [4.69, 9.17) is 9.73 Å². The van der Waals surface area contributed by atoms with Gasteiger partial charge in [0.2, 0.25) is 0 Å². The largest absolute Gasteiger partial charge is 0.416 e. The van der Waals surface area contributed by atoms with Crippen LogP contribution in [0.25, 0.3) is 0 Å². The molecule has 3 aromatic rings. The summed E-state index contributed by atoms with van der Waals surface area (Å²) in [4.78, 5) is 20.1. The van der Waals surface area contributed by atoms with Gasteiger partial charge in [-0.3, -0.25) is 9.69 Å². The Labute approximate surface area is 256 Å². The molecule has 1 amide bonds. The van der Waals surface area contributed by atoms with E-state index < -0.39 is 17.6 Å². The summed E-state index contributed by atoms with van der Waals surface area (Å²) >= 11 is 0. The van der Waals surface area contributed by atoms with Gasteiger partial charge >= 0.3 is 6.18 Å².